The first-order chi connectivity index (χ1) is 10.2. The Labute approximate surface area is 122 Å². The van der Waals surface area contributed by atoms with Gasteiger partial charge >= 0.3 is 0 Å². The molecule has 1 aromatic heterocycles. The maximum Gasteiger partial charge on any atom is 0.243 e. The number of anilines is 2. The minimum Gasteiger partial charge on any atom is -0.370 e. The zero-order valence-electron chi connectivity index (χ0n) is 11.9. The van der Waals surface area contributed by atoms with Gasteiger partial charge in [0.2, 0.25) is 11.9 Å². The Bertz CT molecular complexity index is 617. The summed E-state index contributed by atoms with van der Waals surface area (Å²) in [6.07, 6.45) is 0. The number of para-hydroxylation sites is 1. The molecule has 0 bridgehead atoms. The third kappa shape index (κ3) is 4.28. The van der Waals surface area contributed by atoms with Crippen molar-refractivity contribution in [2.24, 2.45) is 5.73 Å². The van der Waals surface area contributed by atoms with Gasteiger partial charge in [-0.05, 0) is 19.1 Å². The highest BCUT2D eigenvalue weighted by molar-refractivity contribution is 5.90. The van der Waals surface area contributed by atoms with Crippen LogP contribution in [0.5, 0.6) is 0 Å². The standard InChI is InChI=1S/C14H19N5O2/c1-2-16-14-18-11-6-4-3-5-10(11)13(19-14)17-7-8-21-9-12(15)20/h3-6H,2,7-9H2,1H3,(H2,15,20)(H2,16,17,18,19). The van der Waals surface area contributed by atoms with Gasteiger partial charge in [-0.3, -0.25) is 4.79 Å². The highest BCUT2D eigenvalue weighted by atomic mass is 16.5. The molecule has 0 aliphatic carbocycles. The van der Waals surface area contributed by atoms with Crippen LogP contribution in [0.4, 0.5) is 11.8 Å². The van der Waals surface area contributed by atoms with E-state index in [0.717, 1.165) is 23.3 Å². The smallest absolute Gasteiger partial charge is 0.243 e. The number of nitrogens with zero attached hydrogens (tertiary/aromatic N) is 2. The number of nitrogens with one attached hydrogen (secondary N) is 2. The molecule has 1 amide bonds. The third-order valence-electron chi connectivity index (χ3n) is 2.72. The third-order valence-corrected chi connectivity index (χ3v) is 2.72. The molecule has 112 valence electrons. The molecule has 0 radical (unpaired) electrons. The van der Waals surface area contributed by atoms with Crippen LogP contribution in [0, 0.1) is 0 Å². The highest BCUT2D eigenvalue weighted by Crippen LogP contribution is 2.21. The first kappa shape index (κ1) is 15.0. The van der Waals surface area contributed by atoms with Crippen molar-refractivity contribution in [3.05, 3.63) is 24.3 Å². The number of ether oxygens (including phenoxy) is 1. The summed E-state index contributed by atoms with van der Waals surface area (Å²) in [6.45, 7) is 3.56. The molecule has 0 atom stereocenters. The average molecular weight is 289 g/mol. The fourth-order valence-electron chi connectivity index (χ4n) is 1.86. The summed E-state index contributed by atoms with van der Waals surface area (Å²) in [7, 11) is 0. The Morgan fingerprint density at radius 2 is 2.10 bits per heavy atom. The van der Waals surface area contributed by atoms with Gasteiger partial charge in [0.05, 0.1) is 12.1 Å². The van der Waals surface area contributed by atoms with E-state index in [0.29, 0.717) is 19.1 Å². The molecular weight excluding hydrogens is 270 g/mol. The summed E-state index contributed by atoms with van der Waals surface area (Å²) < 4.78 is 5.11. The van der Waals surface area contributed by atoms with E-state index in [1.165, 1.54) is 0 Å². The van der Waals surface area contributed by atoms with E-state index >= 15 is 0 Å². The Hall–Kier alpha value is -2.41. The number of aromatic nitrogens is 2. The number of carbonyl (C=O) groups is 1. The maximum absolute atomic E-state index is 10.6. The molecule has 4 N–H and O–H groups in total. The summed E-state index contributed by atoms with van der Waals surface area (Å²) >= 11 is 0. The normalized spacial score (nSPS) is 10.5. The lowest BCUT2D eigenvalue weighted by atomic mass is 10.2. The van der Waals surface area contributed by atoms with Crippen molar-refractivity contribution in [3.8, 4) is 0 Å². The number of fused-ring (bicyclic) bond motifs is 1. The summed E-state index contributed by atoms with van der Waals surface area (Å²) in [4.78, 5) is 19.5. The summed E-state index contributed by atoms with van der Waals surface area (Å²) in [6, 6.07) is 7.77. The van der Waals surface area contributed by atoms with Crippen molar-refractivity contribution in [1.82, 2.24) is 9.97 Å². The van der Waals surface area contributed by atoms with Gasteiger partial charge in [-0.2, -0.15) is 4.98 Å². The average Bonchev–Trinajstić information content (AvgIpc) is 2.47. The van der Waals surface area contributed by atoms with E-state index in [-0.39, 0.29) is 6.61 Å². The molecule has 2 aromatic rings. The van der Waals surface area contributed by atoms with Crippen molar-refractivity contribution >= 4 is 28.6 Å². The van der Waals surface area contributed by atoms with Gasteiger partial charge in [0.25, 0.3) is 0 Å². The molecule has 7 nitrogen and oxygen atoms in total. The lowest BCUT2D eigenvalue weighted by Crippen LogP contribution is -2.21. The number of nitrogens with two attached hydrogens (primary N) is 1. The number of carbonyl (C=O) groups excluding carboxylic acids is 1. The van der Waals surface area contributed by atoms with E-state index in [4.69, 9.17) is 10.5 Å². The van der Waals surface area contributed by atoms with Gasteiger partial charge in [-0.25, -0.2) is 4.98 Å². The van der Waals surface area contributed by atoms with Crippen LogP contribution in [0.25, 0.3) is 10.9 Å². The molecule has 0 saturated heterocycles. The Balaban J connectivity index is 2.07. The number of hydrogen-bond donors (Lipinski definition) is 3. The van der Waals surface area contributed by atoms with Crippen LogP contribution in [-0.2, 0) is 9.53 Å². The van der Waals surface area contributed by atoms with Gasteiger partial charge < -0.3 is 21.1 Å². The van der Waals surface area contributed by atoms with Gasteiger partial charge in [0.1, 0.15) is 12.4 Å². The van der Waals surface area contributed by atoms with E-state index < -0.39 is 5.91 Å². The summed E-state index contributed by atoms with van der Waals surface area (Å²) in [5.41, 5.74) is 5.86. The zero-order valence-corrected chi connectivity index (χ0v) is 11.9. The second-order valence-corrected chi connectivity index (χ2v) is 4.39. The summed E-state index contributed by atoms with van der Waals surface area (Å²) in [5, 5.41) is 7.23. The number of amides is 1. The monoisotopic (exact) mass is 289 g/mol. The van der Waals surface area contributed by atoms with E-state index in [1.807, 2.05) is 31.2 Å². The quantitative estimate of drug-likeness (QED) is 0.626. The molecule has 1 aromatic carbocycles. The molecule has 7 heteroatoms. The van der Waals surface area contributed by atoms with Crippen molar-refractivity contribution in [3.63, 3.8) is 0 Å². The molecule has 0 aliphatic heterocycles. The SMILES string of the molecule is CCNc1nc(NCCOCC(N)=O)c2ccccc2n1. The van der Waals surface area contributed by atoms with Crippen molar-refractivity contribution in [2.45, 2.75) is 6.92 Å². The van der Waals surface area contributed by atoms with E-state index in [2.05, 4.69) is 20.6 Å². The molecule has 21 heavy (non-hydrogen) atoms. The molecule has 0 unspecified atom stereocenters. The Morgan fingerprint density at radius 3 is 2.86 bits per heavy atom. The maximum atomic E-state index is 10.6. The van der Waals surface area contributed by atoms with Crippen molar-refractivity contribution < 1.29 is 9.53 Å². The zero-order chi connectivity index (χ0) is 15.1. The van der Waals surface area contributed by atoms with Gasteiger partial charge in [-0.15, -0.1) is 0 Å². The first-order valence-electron chi connectivity index (χ1n) is 6.81. The molecule has 1 heterocycles. The summed E-state index contributed by atoms with van der Waals surface area (Å²) in [5.74, 6) is 0.841. The predicted octanol–water partition coefficient (Wildman–Crippen LogP) is 0.975. The van der Waals surface area contributed by atoms with Crippen molar-refractivity contribution in [2.75, 3.05) is 36.9 Å². The molecule has 0 saturated carbocycles. The number of primary amides is 1. The minimum atomic E-state index is -0.475. The van der Waals surface area contributed by atoms with Crippen LogP contribution in [0.15, 0.2) is 24.3 Å². The van der Waals surface area contributed by atoms with Gasteiger partial charge in [0.15, 0.2) is 0 Å². The largest absolute Gasteiger partial charge is 0.370 e. The van der Waals surface area contributed by atoms with Crippen LogP contribution in [0.1, 0.15) is 6.92 Å². The Kier molecular flexibility index (Phi) is 5.28. The van der Waals surface area contributed by atoms with Crippen LogP contribution >= 0.6 is 0 Å². The highest BCUT2D eigenvalue weighted by Gasteiger charge is 2.06. The van der Waals surface area contributed by atoms with Gasteiger partial charge in [-0.1, -0.05) is 12.1 Å². The second kappa shape index (κ2) is 7.39. The molecular formula is C14H19N5O2. The molecule has 2 rings (SSSR count). The molecule has 0 aliphatic rings. The molecule has 0 fully saturated rings. The van der Waals surface area contributed by atoms with E-state index in [1.54, 1.807) is 0 Å². The predicted molar refractivity (Wildman–Crippen MR) is 82.2 cm³/mol. The Morgan fingerprint density at radius 1 is 1.29 bits per heavy atom. The topological polar surface area (TPSA) is 102 Å². The van der Waals surface area contributed by atoms with E-state index in [9.17, 15) is 4.79 Å². The fourth-order valence-corrected chi connectivity index (χ4v) is 1.86. The van der Waals surface area contributed by atoms with Crippen LogP contribution in [0.2, 0.25) is 0 Å². The number of benzene rings is 1. The fraction of sp³-hybridized carbons (Fsp3) is 0.357. The van der Waals surface area contributed by atoms with Crippen molar-refractivity contribution in [1.29, 1.82) is 0 Å². The van der Waals surface area contributed by atoms with Crippen LogP contribution in [-0.4, -0.2) is 42.2 Å². The number of rotatable bonds is 8. The minimum absolute atomic E-state index is 0.0746. The number of hydrogen-bond acceptors (Lipinski definition) is 6. The first-order valence-corrected chi connectivity index (χ1v) is 6.81. The van der Waals surface area contributed by atoms with Crippen LogP contribution in [0.3, 0.4) is 0 Å². The van der Waals surface area contributed by atoms with Crippen LogP contribution < -0.4 is 16.4 Å². The lowest BCUT2D eigenvalue weighted by Gasteiger charge is -2.11. The second-order valence-electron chi connectivity index (χ2n) is 4.39. The molecule has 0 spiro atoms. The van der Waals surface area contributed by atoms with Gasteiger partial charge in [0, 0.05) is 18.5 Å². The lowest BCUT2D eigenvalue weighted by molar-refractivity contribution is -0.122.